The van der Waals surface area contributed by atoms with Crippen LogP contribution < -0.4 is 0 Å². The molecular formula is C20H8Fe2O6S2-2. The first-order valence-corrected chi connectivity index (χ1v) is 7.10. The second kappa shape index (κ2) is 31.8. The fourth-order valence-electron chi connectivity index (χ4n) is 2.09. The Morgan fingerprint density at radius 3 is 0.900 bits per heavy atom. The molecule has 0 unspecified atom stereocenters. The van der Waals surface area contributed by atoms with E-state index in [1.807, 2.05) is 24.3 Å². The van der Waals surface area contributed by atoms with Crippen LogP contribution in [0.2, 0.25) is 0 Å². The molecule has 3 aromatic rings. The third kappa shape index (κ3) is 13.3. The molecule has 0 fully saturated rings. The van der Waals surface area contributed by atoms with Gasteiger partial charge in [0.1, 0.15) is 0 Å². The van der Waals surface area contributed by atoms with Gasteiger partial charge >= 0.3 is 67.8 Å². The van der Waals surface area contributed by atoms with Crippen molar-refractivity contribution in [3.05, 3.63) is 88.4 Å². The monoisotopic (exact) mass is 520 g/mol. The van der Waals surface area contributed by atoms with Gasteiger partial charge in [-0.3, -0.25) is 0 Å². The number of benzene rings is 3. The Balaban J connectivity index is -0.0000000900. The van der Waals surface area contributed by atoms with Crippen molar-refractivity contribution in [3.63, 3.8) is 0 Å². The van der Waals surface area contributed by atoms with Crippen LogP contribution >= 0.6 is 0 Å². The van der Waals surface area contributed by atoms with Gasteiger partial charge in [0, 0.05) is 34.1 Å². The minimum atomic E-state index is 0. The Kier molecular flexibility index (Phi) is 44.8. The van der Waals surface area contributed by atoms with Crippen LogP contribution in [0.25, 0.3) is 21.5 Å². The second-order valence-corrected chi connectivity index (χ2v) is 4.65. The van der Waals surface area contributed by atoms with Crippen molar-refractivity contribution in [2.75, 3.05) is 0 Å². The molecule has 0 N–H and O–H groups in total. The molecule has 0 atom stereocenters. The summed E-state index contributed by atoms with van der Waals surface area (Å²) in [6, 6.07) is 16.2. The van der Waals surface area contributed by atoms with Crippen LogP contribution in [0.15, 0.2) is 58.3 Å². The largest absolute Gasteiger partial charge is 0.779 e. The van der Waals surface area contributed by atoms with Gasteiger partial charge in [-0.15, -0.1) is 0 Å². The van der Waals surface area contributed by atoms with E-state index >= 15 is 0 Å². The average molecular weight is 520 g/mol. The number of rotatable bonds is 0. The molecule has 0 heterocycles. The summed E-state index contributed by atoms with van der Waals surface area (Å²) in [5.74, 6) is 0. The molecule has 0 saturated heterocycles. The zero-order chi connectivity index (χ0) is 23.1. The van der Waals surface area contributed by atoms with Crippen LogP contribution in [0.1, 0.15) is 0 Å². The molecule has 6 nitrogen and oxygen atoms in total. The summed E-state index contributed by atoms with van der Waals surface area (Å²) in [6.45, 7) is 27.0. The standard InChI is InChI=1S/C14H10S2.6CO.2Fe/c15-11-5-1-3-9-7-8-10-4-2-6-12(16)14(10)13(9)11;6*1-2;;/h1-8,15-16H;;;;;;;;/p-2. The summed E-state index contributed by atoms with van der Waals surface area (Å²) in [7, 11) is 0. The van der Waals surface area contributed by atoms with E-state index in [9.17, 15) is 0 Å². The second-order valence-electron chi connectivity index (χ2n) is 3.77. The first-order valence-electron chi connectivity index (χ1n) is 6.28. The first kappa shape index (κ1) is 42.3. The molecule has 0 aliphatic carbocycles. The van der Waals surface area contributed by atoms with Crippen LogP contribution in [0.4, 0.5) is 0 Å². The third-order valence-electron chi connectivity index (χ3n) is 2.81. The Morgan fingerprint density at radius 1 is 0.433 bits per heavy atom. The summed E-state index contributed by atoms with van der Waals surface area (Å²) >= 11 is 10.8. The third-order valence-corrected chi connectivity index (χ3v) is 3.49. The zero-order valence-corrected chi connectivity index (χ0v) is 18.4. The molecular weight excluding hydrogens is 512 g/mol. The smallest absolute Gasteiger partial charge is 0 e. The Morgan fingerprint density at radius 2 is 0.667 bits per heavy atom. The van der Waals surface area contributed by atoms with Crippen molar-refractivity contribution in [3.8, 4) is 0 Å². The molecule has 3 rings (SSSR count). The number of hydrogen-bond donors (Lipinski definition) is 0. The van der Waals surface area contributed by atoms with Crippen molar-refractivity contribution in [2.24, 2.45) is 0 Å². The number of hydrogen-bond acceptors (Lipinski definition) is 2. The predicted octanol–water partition coefficient (Wildman–Crippen LogP) is 3.57. The van der Waals surface area contributed by atoms with Crippen LogP contribution in [0.5, 0.6) is 0 Å². The molecule has 0 aliphatic heterocycles. The maximum atomic E-state index is 7.50. The van der Waals surface area contributed by atoms with E-state index in [0.29, 0.717) is 0 Å². The summed E-state index contributed by atoms with van der Waals surface area (Å²) < 4.78 is 45.0. The first-order chi connectivity index (χ1) is 13.8. The van der Waals surface area contributed by atoms with Crippen LogP contribution in [-0.2, 0) is 87.3 Å². The van der Waals surface area contributed by atoms with Gasteiger partial charge in [0.05, 0.1) is 0 Å². The number of fused-ring (bicyclic) bond motifs is 3. The maximum absolute atomic E-state index is 7.50. The molecule has 0 amide bonds. The van der Waals surface area contributed by atoms with Gasteiger partial charge in [0.25, 0.3) is 0 Å². The summed E-state index contributed by atoms with van der Waals surface area (Å²) in [4.78, 5) is 1.75. The molecule has 0 spiro atoms. The molecule has 10 heteroatoms. The Bertz CT molecular complexity index is 856. The topological polar surface area (TPSA) is 119 Å². The van der Waals surface area contributed by atoms with Gasteiger partial charge in [-0.2, -0.15) is 9.79 Å². The Labute approximate surface area is 206 Å². The van der Waals surface area contributed by atoms with E-state index in [-0.39, 0.29) is 34.1 Å². The van der Waals surface area contributed by atoms with Crippen LogP contribution in [0.3, 0.4) is 0 Å². The normalized spacial score (nSPS) is 6.27. The summed E-state index contributed by atoms with van der Waals surface area (Å²) in [5, 5.41) is 4.55. The van der Waals surface area contributed by atoms with E-state index in [2.05, 4.69) is 64.2 Å². The van der Waals surface area contributed by atoms with Gasteiger partial charge in [-0.25, -0.2) is 0 Å². The van der Waals surface area contributed by atoms with Gasteiger partial charge in [-0.05, 0) is 21.5 Å². The van der Waals surface area contributed by atoms with E-state index in [0.717, 1.165) is 31.3 Å². The van der Waals surface area contributed by atoms with Gasteiger partial charge in [-0.1, -0.05) is 48.5 Å². The molecule has 0 saturated carbocycles. The molecule has 0 bridgehead atoms. The molecule has 0 aliphatic rings. The summed E-state index contributed by atoms with van der Waals surface area (Å²) in [5.41, 5.74) is 0. The van der Waals surface area contributed by atoms with Crippen LogP contribution in [0, 0.1) is 39.9 Å². The zero-order valence-electron chi connectivity index (χ0n) is 14.6. The predicted molar refractivity (Wildman–Crippen MR) is 96.3 cm³/mol. The minimum Gasteiger partial charge on any atom is -0.779 e. The van der Waals surface area contributed by atoms with Gasteiger partial charge in [0.15, 0.2) is 0 Å². The minimum absolute atomic E-state index is 0. The van der Waals surface area contributed by atoms with Crippen molar-refractivity contribution in [1.82, 2.24) is 0 Å². The van der Waals surface area contributed by atoms with Crippen LogP contribution in [-0.4, -0.2) is 0 Å². The average Bonchev–Trinajstić information content (AvgIpc) is 2.82. The van der Waals surface area contributed by atoms with Crippen molar-refractivity contribution >= 4 is 46.8 Å². The van der Waals surface area contributed by atoms with Gasteiger partial charge in [0.2, 0.25) is 0 Å². The van der Waals surface area contributed by atoms with Crippen molar-refractivity contribution < 1.29 is 62.1 Å². The maximum Gasteiger partial charge on any atom is 0 e. The van der Waals surface area contributed by atoms with E-state index in [1.165, 1.54) is 0 Å². The quantitative estimate of drug-likeness (QED) is 0.148. The fraction of sp³-hybridized carbons (Fsp3) is 0. The molecule has 30 heavy (non-hydrogen) atoms. The summed E-state index contributed by atoms with van der Waals surface area (Å²) in [6.07, 6.45) is 0. The van der Waals surface area contributed by atoms with Crippen molar-refractivity contribution in [1.29, 1.82) is 0 Å². The molecule has 154 valence electrons. The Hall–Kier alpha value is -1.90. The van der Waals surface area contributed by atoms with E-state index in [1.54, 1.807) is 0 Å². The molecule has 3 aromatic carbocycles. The molecule has 0 radical (unpaired) electrons. The van der Waals surface area contributed by atoms with Gasteiger partial charge < -0.3 is 25.3 Å². The fourth-order valence-corrected chi connectivity index (χ4v) is 2.69. The SMILES string of the molecule is [C-]#[O+].[C-]#[O+].[C-]#[O+].[C-]#[O+].[C-]#[O+].[C-]#[O+].[Fe].[Fe].[S-]c1cccc2ccc3cccc([S-])c3c12. The van der Waals surface area contributed by atoms with E-state index in [4.69, 9.17) is 53.2 Å². The van der Waals surface area contributed by atoms with E-state index < -0.39 is 0 Å². The molecule has 0 aromatic heterocycles. The van der Waals surface area contributed by atoms with Crippen molar-refractivity contribution in [2.45, 2.75) is 9.79 Å².